The Morgan fingerprint density at radius 1 is 1.44 bits per heavy atom. The highest BCUT2D eigenvalue weighted by atomic mass is 16.5. The largest absolute Gasteiger partial charge is 0.483 e. The number of rotatable bonds is 8. The van der Waals surface area contributed by atoms with Gasteiger partial charge in [-0.05, 0) is 30.9 Å². The maximum atomic E-state index is 12.1. The van der Waals surface area contributed by atoms with Crippen LogP contribution in [0.1, 0.15) is 44.2 Å². The zero-order chi connectivity index (χ0) is 18.4. The smallest absolute Gasteiger partial charge is 0.258 e. The molecule has 0 aliphatic carbocycles. The fraction of sp³-hybridized carbons (Fsp3) is 0.474. The molecule has 1 heterocycles. The van der Waals surface area contributed by atoms with Gasteiger partial charge in [-0.1, -0.05) is 32.0 Å². The van der Waals surface area contributed by atoms with Crippen molar-refractivity contribution in [3.8, 4) is 5.75 Å². The van der Waals surface area contributed by atoms with Crippen LogP contribution in [0.25, 0.3) is 0 Å². The van der Waals surface area contributed by atoms with Crippen molar-refractivity contribution in [3.63, 3.8) is 0 Å². The molecule has 2 atom stereocenters. The van der Waals surface area contributed by atoms with Crippen LogP contribution in [0.2, 0.25) is 0 Å². The molecular weight excluding hydrogens is 318 g/mol. The molecule has 0 saturated carbocycles. The molecule has 1 aromatic heterocycles. The summed E-state index contributed by atoms with van der Waals surface area (Å²) < 4.78 is 7.30. The first kappa shape index (κ1) is 19.0. The lowest BCUT2D eigenvalue weighted by molar-refractivity contribution is -0.124. The molecule has 0 fully saturated rings. The number of para-hydroxylation sites is 1. The van der Waals surface area contributed by atoms with E-state index in [1.807, 2.05) is 24.3 Å². The molecule has 6 nitrogen and oxygen atoms in total. The number of aliphatic hydroxyl groups is 1. The van der Waals surface area contributed by atoms with Gasteiger partial charge in [0.05, 0.1) is 12.7 Å². The first-order valence-electron chi connectivity index (χ1n) is 8.53. The molecule has 136 valence electrons. The molecule has 0 spiro atoms. The van der Waals surface area contributed by atoms with E-state index < -0.39 is 5.60 Å². The molecule has 25 heavy (non-hydrogen) atoms. The van der Waals surface area contributed by atoms with Crippen LogP contribution in [0.5, 0.6) is 5.75 Å². The number of hydrogen-bond acceptors (Lipinski definition) is 4. The van der Waals surface area contributed by atoms with Gasteiger partial charge in [0.1, 0.15) is 11.4 Å². The number of ether oxygens (including phenoxy) is 1. The van der Waals surface area contributed by atoms with Crippen LogP contribution in [0.4, 0.5) is 0 Å². The lowest BCUT2D eigenvalue weighted by Crippen LogP contribution is -2.40. The number of nitrogens with zero attached hydrogens (tertiary/aromatic N) is 2. The first-order valence-corrected chi connectivity index (χ1v) is 8.53. The minimum Gasteiger partial charge on any atom is -0.483 e. The van der Waals surface area contributed by atoms with Gasteiger partial charge in [-0.25, -0.2) is 0 Å². The molecule has 1 amide bonds. The lowest BCUT2D eigenvalue weighted by atomic mass is 9.98. The molecule has 2 aromatic rings. The molecule has 2 N–H and O–H groups in total. The average Bonchev–Trinajstić information content (AvgIpc) is 3.05. The van der Waals surface area contributed by atoms with Crippen molar-refractivity contribution in [2.75, 3.05) is 13.2 Å². The quantitative estimate of drug-likeness (QED) is 0.770. The SMILES string of the molecule is CCC(C)c1ccccc1OCC(=O)NCC(C)(O)c1cnn(C)c1. The highest BCUT2D eigenvalue weighted by molar-refractivity contribution is 5.77. The maximum Gasteiger partial charge on any atom is 0.258 e. The van der Waals surface area contributed by atoms with Crippen LogP contribution in [-0.4, -0.2) is 33.9 Å². The van der Waals surface area contributed by atoms with E-state index in [1.165, 1.54) is 0 Å². The van der Waals surface area contributed by atoms with E-state index in [1.54, 1.807) is 31.0 Å². The Labute approximate surface area is 148 Å². The third-order valence-corrected chi connectivity index (χ3v) is 4.38. The number of aromatic nitrogens is 2. The predicted octanol–water partition coefficient (Wildman–Crippen LogP) is 2.34. The summed E-state index contributed by atoms with van der Waals surface area (Å²) in [5.41, 5.74) is 0.567. The molecule has 0 bridgehead atoms. The van der Waals surface area contributed by atoms with Crippen molar-refractivity contribution < 1.29 is 14.6 Å². The molecule has 1 aromatic carbocycles. The summed E-state index contributed by atoms with van der Waals surface area (Å²) >= 11 is 0. The van der Waals surface area contributed by atoms with Crippen LogP contribution in [-0.2, 0) is 17.4 Å². The third-order valence-electron chi connectivity index (χ3n) is 4.38. The molecule has 2 unspecified atom stereocenters. The van der Waals surface area contributed by atoms with E-state index in [-0.39, 0.29) is 19.1 Å². The van der Waals surface area contributed by atoms with Crippen molar-refractivity contribution in [2.45, 2.75) is 38.7 Å². The molecule has 0 radical (unpaired) electrons. The van der Waals surface area contributed by atoms with Crippen molar-refractivity contribution in [1.29, 1.82) is 0 Å². The number of nitrogens with one attached hydrogen (secondary N) is 1. The molecule has 0 aliphatic rings. The normalized spacial score (nSPS) is 14.6. The van der Waals surface area contributed by atoms with Gasteiger partial charge in [0, 0.05) is 18.8 Å². The summed E-state index contributed by atoms with van der Waals surface area (Å²) in [5.74, 6) is 0.819. The monoisotopic (exact) mass is 345 g/mol. The standard InChI is InChI=1S/C19H27N3O3/c1-5-14(2)16-8-6-7-9-17(16)25-12-18(23)20-13-19(3,24)15-10-21-22(4)11-15/h6-11,14,24H,5,12-13H2,1-4H3,(H,20,23). The van der Waals surface area contributed by atoms with E-state index in [0.717, 1.165) is 17.7 Å². The second-order valence-corrected chi connectivity index (χ2v) is 6.59. The molecule has 6 heteroatoms. The van der Waals surface area contributed by atoms with E-state index in [9.17, 15) is 9.90 Å². The minimum atomic E-state index is -1.18. The van der Waals surface area contributed by atoms with Gasteiger partial charge in [0.2, 0.25) is 0 Å². The Bertz CT molecular complexity index is 709. The highest BCUT2D eigenvalue weighted by Crippen LogP contribution is 2.28. The van der Waals surface area contributed by atoms with Gasteiger partial charge >= 0.3 is 0 Å². The van der Waals surface area contributed by atoms with E-state index in [0.29, 0.717) is 11.5 Å². The number of carbonyl (C=O) groups excluding carboxylic acids is 1. The molecule has 0 aliphatic heterocycles. The highest BCUT2D eigenvalue weighted by Gasteiger charge is 2.25. The topological polar surface area (TPSA) is 76.4 Å². The van der Waals surface area contributed by atoms with Gasteiger partial charge < -0.3 is 15.2 Å². The average molecular weight is 345 g/mol. The number of carbonyl (C=O) groups is 1. The molecular formula is C19H27N3O3. The maximum absolute atomic E-state index is 12.1. The van der Waals surface area contributed by atoms with E-state index in [4.69, 9.17) is 4.74 Å². The van der Waals surface area contributed by atoms with Crippen molar-refractivity contribution in [1.82, 2.24) is 15.1 Å². The van der Waals surface area contributed by atoms with Gasteiger partial charge in [0.15, 0.2) is 6.61 Å². The Balaban J connectivity index is 1.89. The Hall–Kier alpha value is -2.34. The van der Waals surface area contributed by atoms with Crippen LogP contribution >= 0.6 is 0 Å². The minimum absolute atomic E-state index is 0.0867. The summed E-state index contributed by atoms with van der Waals surface area (Å²) in [6, 6.07) is 7.76. The van der Waals surface area contributed by atoms with Crippen LogP contribution in [0.15, 0.2) is 36.7 Å². The van der Waals surface area contributed by atoms with Crippen LogP contribution in [0.3, 0.4) is 0 Å². The second-order valence-electron chi connectivity index (χ2n) is 6.59. The van der Waals surface area contributed by atoms with Crippen molar-refractivity contribution >= 4 is 5.91 Å². The molecule has 2 rings (SSSR count). The summed E-state index contributed by atoms with van der Waals surface area (Å²) in [5, 5.41) is 17.2. The third kappa shape index (κ3) is 5.06. The zero-order valence-electron chi connectivity index (χ0n) is 15.3. The van der Waals surface area contributed by atoms with Crippen molar-refractivity contribution in [3.05, 3.63) is 47.8 Å². The second kappa shape index (κ2) is 8.16. The summed E-state index contributed by atoms with van der Waals surface area (Å²) in [4.78, 5) is 12.1. The number of aryl methyl sites for hydroxylation is 1. The lowest BCUT2D eigenvalue weighted by Gasteiger charge is -2.22. The molecule has 0 saturated heterocycles. The first-order chi connectivity index (χ1) is 11.8. The van der Waals surface area contributed by atoms with Crippen molar-refractivity contribution in [2.24, 2.45) is 7.05 Å². The van der Waals surface area contributed by atoms with E-state index in [2.05, 4.69) is 24.3 Å². The zero-order valence-corrected chi connectivity index (χ0v) is 15.3. The fourth-order valence-electron chi connectivity index (χ4n) is 2.51. The summed E-state index contributed by atoms with van der Waals surface area (Å²) in [6.45, 7) is 5.90. The predicted molar refractivity (Wildman–Crippen MR) is 96.4 cm³/mol. The fourth-order valence-corrected chi connectivity index (χ4v) is 2.51. The van der Waals surface area contributed by atoms with Gasteiger partial charge in [-0.15, -0.1) is 0 Å². The van der Waals surface area contributed by atoms with Crippen LogP contribution in [0, 0.1) is 0 Å². The summed E-state index contributed by atoms with van der Waals surface area (Å²) in [6.07, 6.45) is 4.32. The number of hydrogen-bond donors (Lipinski definition) is 2. The number of amides is 1. The van der Waals surface area contributed by atoms with Gasteiger partial charge in [0.25, 0.3) is 5.91 Å². The Morgan fingerprint density at radius 2 is 2.16 bits per heavy atom. The Kier molecular flexibility index (Phi) is 6.20. The van der Waals surface area contributed by atoms with Crippen LogP contribution < -0.4 is 10.1 Å². The van der Waals surface area contributed by atoms with E-state index >= 15 is 0 Å². The Morgan fingerprint density at radius 3 is 2.80 bits per heavy atom. The van der Waals surface area contributed by atoms with Gasteiger partial charge in [-0.2, -0.15) is 5.10 Å². The summed E-state index contributed by atoms with van der Waals surface area (Å²) in [7, 11) is 1.78. The number of benzene rings is 1. The van der Waals surface area contributed by atoms with Gasteiger partial charge in [-0.3, -0.25) is 9.48 Å².